The molecule has 1 N–H and O–H groups in total. The Morgan fingerprint density at radius 2 is 2.21 bits per heavy atom. The van der Waals surface area contributed by atoms with Gasteiger partial charge < -0.3 is 5.32 Å². The van der Waals surface area contributed by atoms with Crippen molar-refractivity contribution in [3.63, 3.8) is 0 Å². The molecule has 0 spiro atoms. The van der Waals surface area contributed by atoms with Gasteiger partial charge in [0.1, 0.15) is 0 Å². The molecule has 1 aliphatic heterocycles. The molecule has 0 bridgehead atoms. The van der Waals surface area contributed by atoms with Crippen LogP contribution < -0.4 is 5.32 Å². The molecule has 3 rings (SSSR count). The molecule has 0 saturated heterocycles. The first kappa shape index (κ1) is 13.3. The van der Waals surface area contributed by atoms with E-state index >= 15 is 0 Å². The summed E-state index contributed by atoms with van der Waals surface area (Å²) in [5.74, 6) is 0.876. The van der Waals surface area contributed by atoms with Crippen LogP contribution in [0.3, 0.4) is 0 Å². The van der Waals surface area contributed by atoms with Crippen LogP contribution in [0.1, 0.15) is 24.8 Å². The summed E-state index contributed by atoms with van der Waals surface area (Å²) in [5, 5.41) is 3.17. The highest BCUT2D eigenvalue weighted by molar-refractivity contribution is 8.01. The van der Waals surface area contributed by atoms with Gasteiger partial charge in [-0.3, -0.25) is 4.79 Å². The third-order valence-electron chi connectivity index (χ3n) is 4.16. The summed E-state index contributed by atoms with van der Waals surface area (Å²) in [4.78, 5) is 13.5. The number of thioether (sulfide) groups is 1. The normalized spacial score (nSPS) is 22.9. The van der Waals surface area contributed by atoms with Gasteiger partial charge in [0.25, 0.3) is 0 Å². The summed E-state index contributed by atoms with van der Waals surface area (Å²) in [5.41, 5.74) is 1.61. The predicted molar refractivity (Wildman–Crippen MR) is 79.8 cm³/mol. The first-order chi connectivity index (χ1) is 9.22. The second-order valence-corrected chi connectivity index (χ2v) is 7.20. The van der Waals surface area contributed by atoms with E-state index in [1.165, 1.54) is 23.3 Å². The van der Waals surface area contributed by atoms with Crippen molar-refractivity contribution in [3.8, 4) is 0 Å². The monoisotopic (exact) mass is 295 g/mol. The number of hydrogen-bond acceptors (Lipinski definition) is 2. The van der Waals surface area contributed by atoms with Crippen LogP contribution in [0.25, 0.3) is 0 Å². The third kappa shape index (κ3) is 2.92. The highest BCUT2D eigenvalue weighted by Crippen LogP contribution is 2.48. The number of amides is 1. The zero-order valence-corrected chi connectivity index (χ0v) is 12.4. The lowest BCUT2D eigenvalue weighted by Crippen LogP contribution is -2.36. The molecular weight excluding hydrogens is 278 g/mol. The summed E-state index contributed by atoms with van der Waals surface area (Å²) in [6.07, 6.45) is 4.29. The van der Waals surface area contributed by atoms with Crippen LogP contribution in [0.5, 0.6) is 0 Å². The molecule has 1 unspecified atom stereocenters. The quantitative estimate of drug-likeness (QED) is 0.845. The first-order valence-corrected chi connectivity index (χ1v) is 8.22. The van der Waals surface area contributed by atoms with Gasteiger partial charge in [-0.15, -0.1) is 23.4 Å². The van der Waals surface area contributed by atoms with Gasteiger partial charge in [-0.2, -0.15) is 0 Å². The standard InChI is InChI=1S/C15H18ClNOS/c16-8-7-15(5-6-15)10-17-14(18)13-9-11-3-1-2-4-12(11)19-13/h1-4,13H,5-10H2,(H,17,18). The molecule has 1 aromatic carbocycles. The molecular formula is C15H18ClNOS. The van der Waals surface area contributed by atoms with Crippen LogP contribution in [0, 0.1) is 5.41 Å². The lowest BCUT2D eigenvalue weighted by Gasteiger charge is -2.16. The van der Waals surface area contributed by atoms with E-state index in [-0.39, 0.29) is 11.2 Å². The number of benzene rings is 1. The van der Waals surface area contributed by atoms with Crippen molar-refractivity contribution in [2.75, 3.05) is 12.4 Å². The van der Waals surface area contributed by atoms with E-state index in [0.29, 0.717) is 11.3 Å². The lowest BCUT2D eigenvalue weighted by molar-refractivity contribution is -0.120. The third-order valence-corrected chi connectivity index (χ3v) is 5.67. The molecule has 1 fully saturated rings. The molecule has 2 nitrogen and oxygen atoms in total. The highest BCUT2D eigenvalue weighted by atomic mass is 35.5. The molecule has 1 heterocycles. The fraction of sp³-hybridized carbons (Fsp3) is 0.533. The molecule has 1 atom stereocenters. The summed E-state index contributed by atoms with van der Waals surface area (Å²) in [6.45, 7) is 0.798. The van der Waals surface area contributed by atoms with E-state index in [4.69, 9.17) is 11.6 Å². The van der Waals surface area contributed by atoms with Crippen LogP contribution in [-0.4, -0.2) is 23.6 Å². The smallest absolute Gasteiger partial charge is 0.233 e. The van der Waals surface area contributed by atoms with E-state index in [2.05, 4.69) is 17.4 Å². The van der Waals surface area contributed by atoms with Crippen LogP contribution in [0.15, 0.2) is 29.2 Å². The van der Waals surface area contributed by atoms with Gasteiger partial charge in [0.05, 0.1) is 5.25 Å². The molecule has 102 valence electrons. The number of fused-ring (bicyclic) bond motifs is 1. The number of rotatable bonds is 5. The molecule has 1 aromatic rings. The largest absolute Gasteiger partial charge is 0.355 e. The van der Waals surface area contributed by atoms with Crippen molar-refractivity contribution in [3.05, 3.63) is 29.8 Å². The van der Waals surface area contributed by atoms with Crippen LogP contribution in [0.4, 0.5) is 0 Å². The lowest BCUT2D eigenvalue weighted by atomic mass is 10.0. The summed E-state index contributed by atoms with van der Waals surface area (Å²) >= 11 is 7.50. The maximum absolute atomic E-state index is 12.2. The number of hydrogen-bond donors (Lipinski definition) is 1. The van der Waals surface area contributed by atoms with Crippen molar-refractivity contribution in [1.29, 1.82) is 0 Å². The van der Waals surface area contributed by atoms with Crippen molar-refractivity contribution in [2.45, 2.75) is 35.8 Å². The van der Waals surface area contributed by atoms with Gasteiger partial charge >= 0.3 is 0 Å². The maximum Gasteiger partial charge on any atom is 0.233 e. The molecule has 0 radical (unpaired) electrons. The maximum atomic E-state index is 12.2. The average Bonchev–Trinajstić information content (AvgIpc) is 3.04. The molecule has 1 aliphatic carbocycles. The Labute approximate surface area is 123 Å². The zero-order valence-electron chi connectivity index (χ0n) is 10.8. The van der Waals surface area contributed by atoms with Gasteiger partial charge in [-0.25, -0.2) is 0 Å². The van der Waals surface area contributed by atoms with Crippen LogP contribution in [-0.2, 0) is 11.2 Å². The molecule has 19 heavy (non-hydrogen) atoms. The second kappa shape index (κ2) is 5.37. The number of halogens is 1. The zero-order chi connectivity index (χ0) is 13.3. The van der Waals surface area contributed by atoms with Crippen LogP contribution in [0.2, 0.25) is 0 Å². The average molecular weight is 296 g/mol. The fourth-order valence-electron chi connectivity index (χ4n) is 2.61. The summed E-state index contributed by atoms with van der Waals surface area (Å²) in [6, 6.07) is 8.29. The fourth-order valence-corrected chi connectivity index (χ4v) is 4.23. The Morgan fingerprint density at radius 1 is 1.42 bits per heavy atom. The van der Waals surface area contributed by atoms with Crippen molar-refractivity contribution >= 4 is 29.3 Å². The number of carbonyl (C=O) groups excluding carboxylic acids is 1. The first-order valence-electron chi connectivity index (χ1n) is 6.81. The van der Waals surface area contributed by atoms with Gasteiger partial charge in [-0.05, 0) is 42.7 Å². The molecule has 2 aliphatic rings. The minimum Gasteiger partial charge on any atom is -0.355 e. The van der Waals surface area contributed by atoms with E-state index in [1.54, 1.807) is 11.8 Å². The minimum atomic E-state index is 0.0456. The van der Waals surface area contributed by atoms with E-state index < -0.39 is 0 Å². The van der Waals surface area contributed by atoms with E-state index in [9.17, 15) is 4.79 Å². The Balaban J connectivity index is 1.53. The van der Waals surface area contributed by atoms with Gasteiger partial charge in [0.15, 0.2) is 0 Å². The Morgan fingerprint density at radius 3 is 2.89 bits per heavy atom. The van der Waals surface area contributed by atoms with E-state index in [0.717, 1.165) is 19.4 Å². The Bertz CT molecular complexity index is 462. The highest BCUT2D eigenvalue weighted by Gasteiger charge is 2.42. The number of carbonyl (C=O) groups is 1. The van der Waals surface area contributed by atoms with Crippen molar-refractivity contribution in [1.82, 2.24) is 5.32 Å². The summed E-state index contributed by atoms with van der Waals surface area (Å²) < 4.78 is 0. The number of alkyl halides is 1. The van der Waals surface area contributed by atoms with Gasteiger partial charge in [-0.1, -0.05) is 18.2 Å². The van der Waals surface area contributed by atoms with E-state index in [1.807, 2.05) is 12.1 Å². The minimum absolute atomic E-state index is 0.0456. The SMILES string of the molecule is O=C(NCC1(CCCl)CC1)C1Cc2ccccc2S1. The Kier molecular flexibility index (Phi) is 3.77. The number of nitrogens with one attached hydrogen (secondary N) is 1. The van der Waals surface area contributed by atoms with Crippen molar-refractivity contribution in [2.24, 2.45) is 5.41 Å². The van der Waals surface area contributed by atoms with Crippen LogP contribution >= 0.6 is 23.4 Å². The molecule has 0 aromatic heterocycles. The van der Waals surface area contributed by atoms with Gasteiger partial charge in [0, 0.05) is 17.3 Å². The topological polar surface area (TPSA) is 29.1 Å². The predicted octanol–water partition coefficient (Wildman–Crippen LogP) is 3.23. The molecule has 1 amide bonds. The van der Waals surface area contributed by atoms with Crippen molar-refractivity contribution < 1.29 is 4.79 Å². The second-order valence-electron chi connectivity index (χ2n) is 5.58. The van der Waals surface area contributed by atoms with Gasteiger partial charge in [0.2, 0.25) is 5.91 Å². The molecule has 4 heteroatoms. The Hall–Kier alpha value is -0.670. The summed E-state index contributed by atoms with van der Waals surface area (Å²) in [7, 11) is 0. The molecule has 1 saturated carbocycles.